The quantitative estimate of drug-likeness (QED) is 0.680. The number of hydrogen-bond acceptors (Lipinski definition) is 6. The fraction of sp³-hybridized carbons (Fsp3) is 0.435. The van der Waals surface area contributed by atoms with Gasteiger partial charge in [0.2, 0.25) is 0 Å². The van der Waals surface area contributed by atoms with Crippen LogP contribution < -0.4 is 9.04 Å². The summed E-state index contributed by atoms with van der Waals surface area (Å²) in [6.07, 6.45) is -0.897. The first-order valence-electron chi connectivity index (χ1n) is 10.2. The lowest BCUT2D eigenvalue weighted by Crippen LogP contribution is -2.52. The Morgan fingerprint density at radius 1 is 1.16 bits per heavy atom. The maximum atomic E-state index is 13.4. The van der Waals surface area contributed by atoms with Crippen molar-refractivity contribution in [2.75, 3.05) is 10.8 Å². The van der Waals surface area contributed by atoms with Crippen LogP contribution in [0.2, 0.25) is 0 Å². The van der Waals surface area contributed by atoms with Crippen LogP contribution >= 0.6 is 0 Å². The molecule has 1 aliphatic rings. The molecule has 3 rings (SSSR count). The summed E-state index contributed by atoms with van der Waals surface area (Å²) in [5.74, 6) is -0.751. The molecule has 0 spiro atoms. The first-order valence-corrected chi connectivity index (χ1v) is 11.6. The van der Waals surface area contributed by atoms with E-state index in [2.05, 4.69) is 0 Å². The van der Waals surface area contributed by atoms with E-state index in [1.54, 1.807) is 39.0 Å². The third-order valence-corrected chi connectivity index (χ3v) is 6.64. The Morgan fingerprint density at radius 3 is 2.34 bits per heavy atom. The summed E-state index contributed by atoms with van der Waals surface area (Å²) in [5.41, 5.74) is -1.20. The predicted octanol–water partition coefficient (Wildman–Crippen LogP) is 3.44. The number of rotatable bonds is 5. The van der Waals surface area contributed by atoms with E-state index in [0.717, 1.165) is 16.4 Å². The molecule has 32 heavy (non-hydrogen) atoms. The second kappa shape index (κ2) is 8.37. The Labute approximate surface area is 187 Å². The number of ether oxygens (including phenoxy) is 2. The van der Waals surface area contributed by atoms with Crippen LogP contribution in [-0.4, -0.2) is 43.3 Å². The second-order valence-corrected chi connectivity index (χ2v) is 11.2. The molecule has 1 N–H and O–H groups in total. The Bertz CT molecular complexity index is 1100. The number of halogens is 1. The topological polar surface area (TPSA) is 93.1 Å². The molecule has 0 saturated heterocycles. The molecule has 1 aliphatic heterocycles. The van der Waals surface area contributed by atoms with E-state index in [9.17, 15) is 22.7 Å². The minimum absolute atomic E-state index is 0.0517. The number of esters is 1. The van der Waals surface area contributed by atoms with Crippen LogP contribution in [-0.2, 0) is 26.0 Å². The van der Waals surface area contributed by atoms with E-state index < -0.39 is 39.1 Å². The number of fused-ring (bicyclic) bond motifs is 1. The Balaban J connectivity index is 2.03. The molecule has 0 fully saturated rings. The van der Waals surface area contributed by atoms with Gasteiger partial charge in [-0.25, -0.2) is 12.8 Å². The molecule has 0 bridgehead atoms. The van der Waals surface area contributed by atoms with Gasteiger partial charge in [-0.3, -0.25) is 9.10 Å². The lowest BCUT2D eigenvalue weighted by Gasteiger charge is -2.40. The highest BCUT2D eigenvalue weighted by Crippen LogP contribution is 2.39. The zero-order valence-electron chi connectivity index (χ0n) is 18.8. The van der Waals surface area contributed by atoms with Crippen LogP contribution in [0.25, 0.3) is 0 Å². The molecule has 1 atom stereocenters. The van der Waals surface area contributed by atoms with Gasteiger partial charge >= 0.3 is 5.97 Å². The van der Waals surface area contributed by atoms with Gasteiger partial charge in [-0.05, 0) is 76.6 Å². The Hall–Kier alpha value is -2.65. The summed E-state index contributed by atoms with van der Waals surface area (Å²) in [5, 5.41) is 10.5. The normalized spacial score (nSPS) is 16.8. The number of aliphatic hydroxyl groups is 1. The monoisotopic (exact) mass is 465 g/mol. The molecule has 0 unspecified atom stereocenters. The summed E-state index contributed by atoms with van der Waals surface area (Å²) in [7, 11) is -4.10. The molecule has 174 valence electrons. The molecule has 0 radical (unpaired) electrons. The van der Waals surface area contributed by atoms with Gasteiger partial charge in [0.15, 0.2) is 0 Å². The number of benzene rings is 2. The van der Waals surface area contributed by atoms with Gasteiger partial charge in [0, 0.05) is 0 Å². The van der Waals surface area contributed by atoms with Crippen LogP contribution in [0.1, 0.15) is 40.2 Å². The van der Waals surface area contributed by atoms with Crippen molar-refractivity contribution >= 4 is 21.7 Å². The molecular weight excluding hydrogens is 437 g/mol. The molecule has 0 amide bonds. The summed E-state index contributed by atoms with van der Waals surface area (Å²) >= 11 is 0. The Morgan fingerprint density at radius 2 is 1.78 bits per heavy atom. The predicted molar refractivity (Wildman–Crippen MR) is 118 cm³/mol. The third kappa shape index (κ3) is 5.39. The van der Waals surface area contributed by atoms with Gasteiger partial charge < -0.3 is 14.6 Å². The zero-order chi connectivity index (χ0) is 23.9. The third-order valence-electron chi connectivity index (χ3n) is 4.85. The minimum atomic E-state index is -4.10. The van der Waals surface area contributed by atoms with Crippen LogP contribution in [0.3, 0.4) is 0 Å². The fourth-order valence-corrected chi connectivity index (χ4v) is 4.75. The van der Waals surface area contributed by atoms with Gasteiger partial charge in [0.1, 0.15) is 23.3 Å². The van der Waals surface area contributed by atoms with Gasteiger partial charge in [-0.15, -0.1) is 0 Å². The fourth-order valence-electron chi connectivity index (χ4n) is 3.28. The van der Waals surface area contributed by atoms with Crippen LogP contribution in [0.15, 0.2) is 47.4 Å². The van der Waals surface area contributed by atoms with Crippen molar-refractivity contribution in [3.8, 4) is 5.75 Å². The van der Waals surface area contributed by atoms with E-state index in [0.29, 0.717) is 5.56 Å². The maximum absolute atomic E-state index is 13.4. The lowest BCUT2D eigenvalue weighted by atomic mass is 10.00. The summed E-state index contributed by atoms with van der Waals surface area (Å²) in [6.45, 7) is 8.19. The molecule has 7 nitrogen and oxygen atoms in total. The van der Waals surface area contributed by atoms with Crippen molar-refractivity contribution in [1.29, 1.82) is 0 Å². The van der Waals surface area contributed by atoms with Gasteiger partial charge in [0.05, 0.1) is 29.1 Å². The number of hydrogen-bond donors (Lipinski definition) is 1. The van der Waals surface area contributed by atoms with Crippen molar-refractivity contribution in [2.24, 2.45) is 0 Å². The molecule has 0 aromatic heterocycles. The van der Waals surface area contributed by atoms with E-state index >= 15 is 0 Å². The van der Waals surface area contributed by atoms with E-state index in [1.165, 1.54) is 26.0 Å². The van der Waals surface area contributed by atoms with E-state index in [-0.39, 0.29) is 29.3 Å². The molecule has 0 aliphatic carbocycles. The first-order chi connectivity index (χ1) is 14.7. The molecule has 2 aromatic carbocycles. The summed E-state index contributed by atoms with van der Waals surface area (Å²) < 4.78 is 52.6. The molecule has 9 heteroatoms. The molecule has 2 aromatic rings. The van der Waals surface area contributed by atoms with E-state index in [1.807, 2.05) is 0 Å². The maximum Gasteiger partial charge on any atom is 0.310 e. The van der Waals surface area contributed by atoms with Crippen LogP contribution in [0, 0.1) is 5.82 Å². The lowest BCUT2D eigenvalue weighted by molar-refractivity contribution is -0.153. The van der Waals surface area contributed by atoms with Crippen molar-refractivity contribution in [1.82, 2.24) is 0 Å². The SMILES string of the molecule is CC(C)(C)OC(=O)Cc1ccc2c(c1)N(S(=O)(=O)c1ccc(F)cc1)C[C@@H](C(C)(C)O)O2. The molecular formula is C23H28FNO6S. The van der Waals surface area contributed by atoms with E-state index in [4.69, 9.17) is 9.47 Å². The van der Waals surface area contributed by atoms with Gasteiger partial charge in [0.25, 0.3) is 10.0 Å². The number of carbonyl (C=O) groups excluding carboxylic acids is 1. The van der Waals surface area contributed by atoms with Gasteiger partial charge in [-0.2, -0.15) is 0 Å². The highest BCUT2D eigenvalue weighted by molar-refractivity contribution is 7.92. The molecule has 1 heterocycles. The second-order valence-electron chi connectivity index (χ2n) is 9.32. The largest absolute Gasteiger partial charge is 0.483 e. The van der Waals surface area contributed by atoms with Crippen molar-refractivity contribution in [2.45, 2.75) is 63.2 Å². The van der Waals surface area contributed by atoms with Crippen molar-refractivity contribution < 1.29 is 32.2 Å². The smallest absolute Gasteiger partial charge is 0.310 e. The minimum Gasteiger partial charge on any atom is -0.483 e. The average molecular weight is 466 g/mol. The number of sulfonamides is 1. The van der Waals surface area contributed by atoms with Gasteiger partial charge in [-0.1, -0.05) is 6.07 Å². The molecule has 0 saturated carbocycles. The number of carbonyl (C=O) groups is 1. The van der Waals surface area contributed by atoms with Crippen LogP contribution in [0.5, 0.6) is 5.75 Å². The summed E-state index contributed by atoms with van der Waals surface area (Å²) in [4.78, 5) is 12.2. The first kappa shape index (κ1) is 24.0. The number of nitrogens with zero attached hydrogens (tertiary/aromatic N) is 1. The van der Waals surface area contributed by atoms with Crippen LogP contribution in [0.4, 0.5) is 10.1 Å². The zero-order valence-corrected chi connectivity index (χ0v) is 19.6. The average Bonchev–Trinajstić information content (AvgIpc) is 2.65. The Kier molecular flexibility index (Phi) is 6.27. The summed E-state index contributed by atoms with van der Waals surface area (Å²) in [6, 6.07) is 9.29. The highest BCUT2D eigenvalue weighted by atomic mass is 32.2. The van der Waals surface area contributed by atoms with Crippen molar-refractivity contribution in [3.63, 3.8) is 0 Å². The van der Waals surface area contributed by atoms with Crippen molar-refractivity contribution in [3.05, 3.63) is 53.8 Å². The number of anilines is 1. The highest BCUT2D eigenvalue weighted by Gasteiger charge is 2.40. The standard InChI is InChI=1S/C23H28FNO6S/c1-22(2,3)31-21(26)13-15-6-11-19-18(12-15)25(14-20(30-19)23(4,5)27)32(28,29)17-9-7-16(24)8-10-17/h6-12,20,27H,13-14H2,1-5H3/t20-/m0/s1.